The van der Waals surface area contributed by atoms with Crippen LogP contribution in [0.25, 0.3) is 0 Å². The van der Waals surface area contributed by atoms with Crippen molar-refractivity contribution in [1.82, 2.24) is 0 Å². The Balaban J connectivity index is 2.49. The van der Waals surface area contributed by atoms with Gasteiger partial charge < -0.3 is 0 Å². The van der Waals surface area contributed by atoms with E-state index in [0.29, 0.717) is 23.0 Å². The Hall–Kier alpha value is -1.54. The van der Waals surface area contributed by atoms with Gasteiger partial charge in [-0.1, -0.05) is 34.1 Å². The van der Waals surface area contributed by atoms with Crippen LogP contribution in [0.3, 0.4) is 0 Å². The van der Waals surface area contributed by atoms with Gasteiger partial charge in [0.25, 0.3) is 10.0 Å². The summed E-state index contributed by atoms with van der Waals surface area (Å²) in [5.74, 6) is -4.17. The average molecular weight is 380 g/mol. The first kappa shape index (κ1) is 15.8. The predicted molar refractivity (Wildman–Crippen MR) is 76.2 cm³/mol. The molecule has 0 aliphatic rings. The van der Waals surface area contributed by atoms with Crippen LogP contribution < -0.4 is 4.72 Å². The Morgan fingerprint density at radius 2 is 1.62 bits per heavy atom. The summed E-state index contributed by atoms with van der Waals surface area (Å²) in [7, 11) is -4.51. The van der Waals surface area contributed by atoms with Gasteiger partial charge in [-0.3, -0.25) is 4.72 Å². The number of para-hydroxylation sites is 1. The highest BCUT2D eigenvalue weighted by Gasteiger charge is 2.25. The molecule has 3 nitrogen and oxygen atoms in total. The first-order valence-corrected chi connectivity index (χ1v) is 8.27. The number of hydrogen-bond donors (Lipinski definition) is 1. The van der Waals surface area contributed by atoms with E-state index in [1.54, 1.807) is 18.2 Å². The number of rotatable bonds is 4. The zero-order valence-corrected chi connectivity index (χ0v) is 12.8. The molecule has 0 aromatic heterocycles. The molecule has 8 heteroatoms. The Morgan fingerprint density at radius 1 is 1.05 bits per heavy atom. The minimum atomic E-state index is -4.51. The maximum atomic E-state index is 13.6. The van der Waals surface area contributed by atoms with Crippen LogP contribution in [0, 0.1) is 17.5 Å². The van der Waals surface area contributed by atoms with E-state index >= 15 is 0 Å². The zero-order chi connectivity index (χ0) is 15.6. The highest BCUT2D eigenvalue weighted by atomic mass is 79.9. The van der Waals surface area contributed by atoms with E-state index < -0.39 is 32.4 Å². The highest BCUT2D eigenvalue weighted by molar-refractivity contribution is 9.08. The molecule has 0 radical (unpaired) electrons. The molecule has 0 unspecified atom stereocenters. The molecule has 0 heterocycles. The summed E-state index contributed by atoms with van der Waals surface area (Å²) in [5, 5.41) is 0.347. The largest absolute Gasteiger partial charge is 0.279 e. The summed E-state index contributed by atoms with van der Waals surface area (Å²) in [6, 6.07) is 6.98. The van der Waals surface area contributed by atoms with Crippen molar-refractivity contribution in [1.29, 1.82) is 0 Å². The fourth-order valence-electron chi connectivity index (χ4n) is 1.72. The van der Waals surface area contributed by atoms with Gasteiger partial charge in [0.15, 0.2) is 4.90 Å². The number of anilines is 1. The van der Waals surface area contributed by atoms with E-state index in [0.717, 1.165) is 0 Å². The van der Waals surface area contributed by atoms with E-state index in [1.165, 1.54) is 6.07 Å². The second-order valence-corrected chi connectivity index (χ2v) is 6.27. The molecule has 2 aromatic rings. The molecule has 0 aliphatic heterocycles. The van der Waals surface area contributed by atoms with Crippen molar-refractivity contribution in [3.63, 3.8) is 0 Å². The molecule has 0 spiro atoms. The van der Waals surface area contributed by atoms with Gasteiger partial charge in [0.05, 0.1) is 5.69 Å². The van der Waals surface area contributed by atoms with Gasteiger partial charge in [0.1, 0.15) is 17.5 Å². The number of sulfonamides is 1. The first-order valence-electron chi connectivity index (χ1n) is 5.66. The van der Waals surface area contributed by atoms with Crippen LogP contribution in [0.2, 0.25) is 0 Å². The minimum absolute atomic E-state index is 0.178. The van der Waals surface area contributed by atoms with Gasteiger partial charge in [0, 0.05) is 17.5 Å². The van der Waals surface area contributed by atoms with Crippen molar-refractivity contribution in [2.45, 2.75) is 10.2 Å². The molecule has 0 atom stereocenters. The number of alkyl halides is 1. The Bertz CT molecular complexity index is 758. The second kappa shape index (κ2) is 6.07. The van der Waals surface area contributed by atoms with Crippen LogP contribution in [0.1, 0.15) is 5.56 Å². The average Bonchev–Trinajstić information content (AvgIpc) is 2.37. The fourth-order valence-corrected chi connectivity index (χ4v) is 3.43. The Kier molecular flexibility index (Phi) is 4.58. The third kappa shape index (κ3) is 3.38. The summed E-state index contributed by atoms with van der Waals surface area (Å²) in [6.45, 7) is 0. The van der Waals surface area contributed by atoms with Crippen LogP contribution in [0.4, 0.5) is 18.9 Å². The minimum Gasteiger partial charge on any atom is -0.279 e. The maximum Gasteiger partial charge on any atom is 0.267 e. The lowest BCUT2D eigenvalue weighted by Crippen LogP contribution is -2.17. The molecular formula is C13H9BrF3NO2S. The molecule has 21 heavy (non-hydrogen) atoms. The quantitative estimate of drug-likeness (QED) is 0.821. The molecule has 1 N–H and O–H groups in total. The Labute approximate surface area is 128 Å². The fraction of sp³-hybridized carbons (Fsp3) is 0.0769. The molecular weight excluding hydrogens is 371 g/mol. The van der Waals surface area contributed by atoms with Crippen molar-refractivity contribution < 1.29 is 21.6 Å². The van der Waals surface area contributed by atoms with Gasteiger partial charge in [-0.25, -0.2) is 21.6 Å². The van der Waals surface area contributed by atoms with Crippen molar-refractivity contribution in [3.8, 4) is 0 Å². The zero-order valence-electron chi connectivity index (χ0n) is 10.4. The van der Waals surface area contributed by atoms with Crippen LogP contribution in [-0.2, 0) is 15.4 Å². The topological polar surface area (TPSA) is 46.2 Å². The molecule has 0 amide bonds. The molecule has 0 fully saturated rings. The third-order valence-electron chi connectivity index (χ3n) is 2.64. The summed E-state index contributed by atoms with van der Waals surface area (Å²) in [5.41, 5.74) is 0.765. The molecule has 0 saturated carbocycles. The van der Waals surface area contributed by atoms with Gasteiger partial charge >= 0.3 is 0 Å². The van der Waals surface area contributed by atoms with Crippen LogP contribution in [0.5, 0.6) is 0 Å². The van der Waals surface area contributed by atoms with Crippen LogP contribution in [-0.4, -0.2) is 8.42 Å². The number of hydrogen-bond acceptors (Lipinski definition) is 2. The molecule has 2 rings (SSSR count). The number of nitrogens with one attached hydrogen (secondary N) is 1. The van der Waals surface area contributed by atoms with E-state index in [2.05, 4.69) is 20.7 Å². The predicted octanol–water partition coefficient (Wildman–Crippen LogP) is 3.80. The van der Waals surface area contributed by atoms with Gasteiger partial charge in [-0.2, -0.15) is 0 Å². The lowest BCUT2D eigenvalue weighted by Gasteiger charge is -2.12. The van der Waals surface area contributed by atoms with E-state index in [1.807, 2.05) is 0 Å². The van der Waals surface area contributed by atoms with Crippen molar-refractivity contribution in [3.05, 3.63) is 59.4 Å². The van der Waals surface area contributed by atoms with Crippen LogP contribution >= 0.6 is 15.9 Å². The summed E-state index contributed by atoms with van der Waals surface area (Å²) < 4.78 is 66.3. The molecule has 0 aliphatic carbocycles. The van der Waals surface area contributed by atoms with Crippen molar-refractivity contribution in [2.24, 2.45) is 0 Å². The monoisotopic (exact) mass is 379 g/mol. The van der Waals surface area contributed by atoms with Gasteiger partial charge in [0.2, 0.25) is 0 Å². The van der Waals surface area contributed by atoms with Crippen LogP contribution in [0.15, 0.2) is 41.3 Å². The Morgan fingerprint density at radius 3 is 2.19 bits per heavy atom. The van der Waals surface area contributed by atoms with Crippen molar-refractivity contribution in [2.75, 3.05) is 4.72 Å². The van der Waals surface area contributed by atoms with Gasteiger partial charge in [-0.15, -0.1) is 0 Å². The third-order valence-corrected chi connectivity index (χ3v) is 4.66. The lowest BCUT2D eigenvalue weighted by molar-refractivity contribution is 0.498. The lowest BCUT2D eigenvalue weighted by atomic mass is 10.2. The molecule has 0 bridgehead atoms. The number of halogens is 4. The first-order chi connectivity index (χ1) is 9.85. The summed E-state index contributed by atoms with van der Waals surface area (Å²) >= 11 is 3.18. The maximum absolute atomic E-state index is 13.6. The second-order valence-electron chi connectivity index (χ2n) is 4.09. The van der Waals surface area contributed by atoms with Crippen molar-refractivity contribution >= 4 is 31.6 Å². The van der Waals surface area contributed by atoms with E-state index in [-0.39, 0.29) is 5.69 Å². The normalized spacial score (nSPS) is 11.4. The number of benzene rings is 2. The van der Waals surface area contributed by atoms with Gasteiger partial charge in [-0.05, 0) is 11.6 Å². The molecule has 112 valence electrons. The standard InChI is InChI=1S/C13H9BrF3NO2S/c14-7-8-3-1-2-4-12(8)18-21(19,20)13-10(16)5-9(15)6-11(13)17/h1-6,18H,7H2. The highest BCUT2D eigenvalue weighted by Crippen LogP contribution is 2.25. The van der Waals surface area contributed by atoms with E-state index in [9.17, 15) is 21.6 Å². The SMILES string of the molecule is O=S(=O)(Nc1ccccc1CBr)c1c(F)cc(F)cc1F. The smallest absolute Gasteiger partial charge is 0.267 e. The summed E-state index contributed by atoms with van der Waals surface area (Å²) in [4.78, 5) is -1.21. The molecule has 2 aromatic carbocycles. The molecule has 0 saturated heterocycles. The van der Waals surface area contributed by atoms with E-state index in [4.69, 9.17) is 0 Å². The summed E-state index contributed by atoms with van der Waals surface area (Å²) in [6.07, 6.45) is 0.